The van der Waals surface area contributed by atoms with Gasteiger partial charge < -0.3 is 14.9 Å². The normalized spacial score (nSPS) is 10.9. The Morgan fingerprint density at radius 1 is 0.684 bits per heavy atom. The van der Waals surface area contributed by atoms with Crippen LogP contribution in [0.15, 0.2) is 30.3 Å². The molecule has 208 valence electrons. The minimum absolute atomic E-state index is 0.0998. The molecule has 0 aliphatic heterocycles. The third-order valence-electron chi connectivity index (χ3n) is 7.03. The molecule has 0 spiro atoms. The van der Waals surface area contributed by atoms with Gasteiger partial charge in [0.25, 0.3) is 0 Å². The van der Waals surface area contributed by atoms with Crippen molar-refractivity contribution in [1.82, 2.24) is 0 Å². The SMILES string of the molecule is CCCCCCCCCCCCCCCCCCOCC#Cc1ccc(C(=O)O)c2ccc(C(=O)O)cc12. The van der Waals surface area contributed by atoms with E-state index in [1.807, 2.05) is 0 Å². The molecule has 38 heavy (non-hydrogen) atoms. The Balaban J connectivity index is 1.55. The molecule has 0 heterocycles. The maximum absolute atomic E-state index is 11.5. The Kier molecular flexibility index (Phi) is 15.9. The summed E-state index contributed by atoms with van der Waals surface area (Å²) in [6, 6.07) is 7.55. The minimum Gasteiger partial charge on any atom is -0.478 e. The summed E-state index contributed by atoms with van der Waals surface area (Å²) in [7, 11) is 0. The molecule has 2 N–H and O–H groups in total. The van der Waals surface area contributed by atoms with E-state index in [1.165, 1.54) is 121 Å². The lowest BCUT2D eigenvalue weighted by Gasteiger charge is -2.06. The third kappa shape index (κ3) is 12.1. The topological polar surface area (TPSA) is 83.8 Å². The predicted molar refractivity (Wildman–Crippen MR) is 155 cm³/mol. The van der Waals surface area contributed by atoms with Crippen molar-refractivity contribution < 1.29 is 24.5 Å². The summed E-state index contributed by atoms with van der Waals surface area (Å²) < 4.78 is 5.65. The average molecular weight is 523 g/mol. The van der Waals surface area contributed by atoms with Crippen LogP contribution in [0.25, 0.3) is 10.8 Å². The van der Waals surface area contributed by atoms with Gasteiger partial charge in [-0.25, -0.2) is 9.59 Å². The molecule has 0 bridgehead atoms. The van der Waals surface area contributed by atoms with Crippen LogP contribution in [0.2, 0.25) is 0 Å². The highest BCUT2D eigenvalue weighted by atomic mass is 16.5. The summed E-state index contributed by atoms with van der Waals surface area (Å²) in [6.07, 6.45) is 21.4. The predicted octanol–water partition coefficient (Wildman–Crippen LogP) is 8.87. The van der Waals surface area contributed by atoms with E-state index in [2.05, 4.69) is 18.8 Å². The standard InChI is InChI=1S/C33H46O5/c1-2-3-4-5-6-7-8-9-10-11-12-13-14-15-16-17-24-38-25-18-19-27-20-23-30(33(36)37)29-22-21-28(32(34)35)26-31(27)29/h20-23,26H,2-17,24-25H2,1H3,(H,34,35)(H,36,37). The van der Waals surface area contributed by atoms with E-state index in [0.717, 1.165) is 6.42 Å². The Hall–Kier alpha value is -2.84. The number of benzene rings is 2. The lowest BCUT2D eigenvalue weighted by atomic mass is 9.97. The third-order valence-corrected chi connectivity index (χ3v) is 7.03. The first kappa shape index (κ1) is 31.4. The number of ether oxygens (including phenoxy) is 1. The summed E-state index contributed by atoms with van der Waals surface area (Å²) in [5.41, 5.74) is 0.823. The molecule has 2 aromatic rings. The molecule has 0 atom stereocenters. The molecule has 0 aliphatic rings. The van der Waals surface area contributed by atoms with E-state index in [9.17, 15) is 19.8 Å². The van der Waals surface area contributed by atoms with Crippen LogP contribution in [0.5, 0.6) is 0 Å². The summed E-state index contributed by atoms with van der Waals surface area (Å²) in [5.74, 6) is 3.88. The second-order valence-corrected chi connectivity index (χ2v) is 10.2. The van der Waals surface area contributed by atoms with E-state index in [4.69, 9.17) is 4.74 Å². The van der Waals surface area contributed by atoms with Crippen molar-refractivity contribution in [2.24, 2.45) is 0 Å². The Morgan fingerprint density at radius 3 is 1.76 bits per heavy atom. The molecule has 0 amide bonds. The van der Waals surface area contributed by atoms with Gasteiger partial charge in [0.15, 0.2) is 0 Å². The lowest BCUT2D eigenvalue weighted by molar-refractivity contribution is 0.0688. The molecule has 0 fully saturated rings. The highest BCUT2D eigenvalue weighted by Crippen LogP contribution is 2.24. The summed E-state index contributed by atoms with van der Waals surface area (Å²) in [6.45, 7) is 3.24. The largest absolute Gasteiger partial charge is 0.478 e. The van der Waals surface area contributed by atoms with Gasteiger partial charge in [-0.15, -0.1) is 0 Å². The van der Waals surface area contributed by atoms with Gasteiger partial charge in [-0.1, -0.05) is 121 Å². The van der Waals surface area contributed by atoms with E-state index < -0.39 is 11.9 Å². The fourth-order valence-corrected chi connectivity index (χ4v) is 4.78. The van der Waals surface area contributed by atoms with Crippen molar-refractivity contribution in [3.8, 4) is 11.8 Å². The zero-order valence-electron chi connectivity index (χ0n) is 23.2. The fraction of sp³-hybridized carbons (Fsp3) is 0.576. The molecule has 5 heteroatoms. The molecular formula is C33H46O5. The summed E-state index contributed by atoms with van der Waals surface area (Å²) >= 11 is 0. The van der Waals surface area contributed by atoms with Crippen LogP contribution in [0.4, 0.5) is 0 Å². The maximum Gasteiger partial charge on any atom is 0.336 e. The number of aromatic carboxylic acids is 2. The van der Waals surface area contributed by atoms with Crippen LogP contribution < -0.4 is 0 Å². The molecule has 0 unspecified atom stereocenters. The first-order chi connectivity index (χ1) is 18.5. The van der Waals surface area contributed by atoms with Gasteiger partial charge in [0.2, 0.25) is 0 Å². The van der Waals surface area contributed by atoms with Crippen molar-refractivity contribution in [1.29, 1.82) is 0 Å². The number of unbranched alkanes of at least 4 members (excludes halogenated alkanes) is 15. The van der Waals surface area contributed by atoms with Crippen LogP contribution in [-0.2, 0) is 4.74 Å². The zero-order valence-corrected chi connectivity index (χ0v) is 23.2. The second kappa shape index (κ2) is 19.3. The van der Waals surface area contributed by atoms with Crippen molar-refractivity contribution in [2.75, 3.05) is 13.2 Å². The minimum atomic E-state index is -1.06. The van der Waals surface area contributed by atoms with Gasteiger partial charge in [0.05, 0.1) is 11.1 Å². The molecule has 2 aromatic carbocycles. The van der Waals surface area contributed by atoms with Gasteiger partial charge >= 0.3 is 11.9 Å². The molecule has 0 saturated heterocycles. The molecule has 0 aliphatic carbocycles. The lowest BCUT2D eigenvalue weighted by Crippen LogP contribution is -2.01. The van der Waals surface area contributed by atoms with Gasteiger partial charge in [0, 0.05) is 12.2 Å². The molecule has 0 saturated carbocycles. The van der Waals surface area contributed by atoms with E-state index in [-0.39, 0.29) is 11.1 Å². The first-order valence-corrected chi connectivity index (χ1v) is 14.6. The van der Waals surface area contributed by atoms with Crippen molar-refractivity contribution in [2.45, 2.75) is 110 Å². The zero-order chi connectivity index (χ0) is 27.4. The molecule has 2 rings (SSSR count). The van der Waals surface area contributed by atoms with E-state index in [0.29, 0.717) is 29.5 Å². The number of hydrogen-bond acceptors (Lipinski definition) is 3. The fourth-order valence-electron chi connectivity index (χ4n) is 4.78. The quantitative estimate of drug-likeness (QED) is 0.134. The highest BCUT2D eigenvalue weighted by Gasteiger charge is 2.13. The van der Waals surface area contributed by atoms with Crippen LogP contribution in [0, 0.1) is 11.8 Å². The van der Waals surface area contributed by atoms with Crippen LogP contribution >= 0.6 is 0 Å². The summed E-state index contributed by atoms with van der Waals surface area (Å²) in [5, 5.41) is 19.7. The number of carbonyl (C=O) groups is 2. The number of fused-ring (bicyclic) bond motifs is 1. The van der Waals surface area contributed by atoms with Crippen molar-refractivity contribution in [3.05, 3.63) is 47.0 Å². The van der Waals surface area contributed by atoms with Crippen molar-refractivity contribution in [3.63, 3.8) is 0 Å². The maximum atomic E-state index is 11.5. The molecular weight excluding hydrogens is 476 g/mol. The Morgan fingerprint density at radius 2 is 1.24 bits per heavy atom. The van der Waals surface area contributed by atoms with Crippen LogP contribution in [0.3, 0.4) is 0 Å². The Bertz CT molecular complexity index is 1050. The van der Waals surface area contributed by atoms with Gasteiger partial charge in [-0.2, -0.15) is 0 Å². The number of hydrogen-bond donors (Lipinski definition) is 2. The number of carboxylic acid groups (broad SMARTS) is 2. The van der Waals surface area contributed by atoms with E-state index >= 15 is 0 Å². The first-order valence-electron chi connectivity index (χ1n) is 14.6. The molecule has 0 aromatic heterocycles. The number of rotatable bonds is 20. The van der Waals surface area contributed by atoms with Crippen molar-refractivity contribution >= 4 is 22.7 Å². The van der Waals surface area contributed by atoms with Crippen LogP contribution in [-0.4, -0.2) is 35.4 Å². The monoisotopic (exact) mass is 522 g/mol. The highest BCUT2D eigenvalue weighted by molar-refractivity contribution is 6.07. The average Bonchev–Trinajstić information content (AvgIpc) is 2.91. The molecule has 0 radical (unpaired) electrons. The van der Waals surface area contributed by atoms with E-state index in [1.54, 1.807) is 6.07 Å². The van der Waals surface area contributed by atoms with Gasteiger partial charge in [-0.05, 0) is 41.5 Å². The number of carboxylic acids is 2. The van der Waals surface area contributed by atoms with Gasteiger partial charge in [0.1, 0.15) is 6.61 Å². The van der Waals surface area contributed by atoms with Crippen LogP contribution in [0.1, 0.15) is 136 Å². The second-order valence-electron chi connectivity index (χ2n) is 10.2. The Labute approximate surface area is 229 Å². The van der Waals surface area contributed by atoms with Gasteiger partial charge in [-0.3, -0.25) is 0 Å². The molecule has 5 nitrogen and oxygen atoms in total. The smallest absolute Gasteiger partial charge is 0.336 e. The summed E-state index contributed by atoms with van der Waals surface area (Å²) in [4.78, 5) is 22.9.